The molecule has 1 heterocycles. The first-order chi connectivity index (χ1) is 9.53. The smallest absolute Gasteiger partial charge is 0.243 e. The van der Waals surface area contributed by atoms with Crippen molar-refractivity contribution < 1.29 is 12.8 Å². The molecule has 2 rings (SSSR count). The van der Waals surface area contributed by atoms with Crippen molar-refractivity contribution in [2.45, 2.75) is 17.9 Å². The first-order valence-corrected chi connectivity index (χ1v) is 8.40. The van der Waals surface area contributed by atoms with Gasteiger partial charge in [0.25, 0.3) is 0 Å². The number of hydrogen-bond donors (Lipinski definition) is 2. The van der Waals surface area contributed by atoms with Crippen LogP contribution in [0.1, 0.15) is 10.4 Å². The molecule has 0 aliphatic heterocycles. The van der Waals surface area contributed by atoms with E-state index in [9.17, 15) is 12.8 Å². The second kappa shape index (κ2) is 6.45. The Morgan fingerprint density at radius 3 is 2.70 bits per heavy atom. The highest BCUT2D eigenvalue weighted by molar-refractivity contribution is 7.89. The minimum absolute atomic E-state index is 0.170. The second-order valence-electron chi connectivity index (χ2n) is 4.20. The summed E-state index contributed by atoms with van der Waals surface area (Å²) < 4.78 is 40.2. The van der Waals surface area contributed by atoms with Gasteiger partial charge in [-0.2, -0.15) is 0 Å². The fourth-order valence-electron chi connectivity index (χ4n) is 1.73. The van der Waals surface area contributed by atoms with Gasteiger partial charge in [-0.1, -0.05) is 12.1 Å². The van der Waals surface area contributed by atoms with Crippen LogP contribution < -0.4 is 10.5 Å². The van der Waals surface area contributed by atoms with E-state index < -0.39 is 15.8 Å². The lowest BCUT2D eigenvalue weighted by Crippen LogP contribution is -2.26. The summed E-state index contributed by atoms with van der Waals surface area (Å²) in [7, 11) is -3.83. The highest BCUT2D eigenvalue weighted by Gasteiger charge is 2.18. The highest BCUT2D eigenvalue weighted by Crippen LogP contribution is 2.16. The van der Waals surface area contributed by atoms with Crippen molar-refractivity contribution in [2.24, 2.45) is 5.73 Å². The van der Waals surface area contributed by atoms with Gasteiger partial charge in [0.05, 0.1) is 0 Å². The first kappa shape index (κ1) is 15.1. The Kier molecular flexibility index (Phi) is 4.87. The molecule has 4 nitrogen and oxygen atoms in total. The van der Waals surface area contributed by atoms with Gasteiger partial charge in [-0.05, 0) is 35.6 Å². The quantitative estimate of drug-likeness (QED) is 0.855. The Hall–Kier alpha value is -1.28. The number of nitrogens with two attached hydrogens (primary N) is 1. The number of rotatable bonds is 6. The fraction of sp³-hybridized carbons (Fsp3) is 0.231. The maximum absolute atomic E-state index is 13.8. The van der Waals surface area contributed by atoms with Crippen molar-refractivity contribution in [3.05, 3.63) is 52.0 Å². The molecule has 3 N–H and O–H groups in total. The van der Waals surface area contributed by atoms with Crippen LogP contribution in [0.2, 0.25) is 0 Å². The number of hydrogen-bond acceptors (Lipinski definition) is 4. The lowest BCUT2D eigenvalue weighted by Gasteiger charge is -2.08. The van der Waals surface area contributed by atoms with Crippen LogP contribution in [0.3, 0.4) is 0 Å². The molecular formula is C13H15FN2O2S2. The van der Waals surface area contributed by atoms with E-state index in [0.717, 1.165) is 10.9 Å². The van der Waals surface area contributed by atoms with E-state index in [-0.39, 0.29) is 18.0 Å². The SMILES string of the molecule is NCc1ccc(S(=O)(=O)NCCc2cccs2)c(F)c1. The van der Waals surface area contributed by atoms with Gasteiger partial charge >= 0.3 is 0 Å². The molecule has 0 saturated carbocycles. The summed E-state index contributed by atoms with van der Waals surface area (Å²) in [5.41, 5.74) is 5.94. The maximum Gasteiger partial charge on any atom is 0.243 e. The van der Waals surface area contributed by atoms with Crippen LogP contribution in [0.25, 0.3) is 0 Å². The molecule has 20 heavy (non-hydrogen) atoms. The summed E-state index contributed by atoms with van der Waals surface area (Å²) in [6.45, 7) is 0.407. The summed E-state index contributed by atoms with van der Waals surface area (Å²) in [5, 5.41) is 1.93. The number of sulfonamides is 1. The third-order valence-electron chi connectivity index (χ3n) is 2.77. The number of thiophene rings is 1. The van der Waals surface area contributed by atoms with Crippen molar-refractivity contribution in [2.75, 3.05) is 6.54 Å². The van der Waals surface area contributed by atoms with Gasteiger partial charge in [0.2, 0.25) is 10.0 Å². The zero-order valence-corrected chi connectivity index (χ0v) is 12.3. The van der Waals surface area contributed by atoms with Gasteiger partial charge in [0, 0.05) is 18.0 Å². The second-order valence-corrected chi connectivity index (χ2v) is 6.96. The maximum atomic E-state index is 13.8. The lowest BCUT2D eigenvalue weighted by atomic mass is 10.2. The molecule has 0 unspecified atom stereocenters. The van der Waals surface area contributed by atoms with E-state index in [1.54, 1.807) is 11.3 Å². The van der Waals surface area contributed by atoms with Gasteiger partial charge in [0.1, 0.15) is 10.7 Å². The summed E-state index contributed by atoms with van der Waals surface area (Å²) >= 11 is 1.55. The average Bonchev–Trinajstić information content (AvgIpc) is 2.91. The molecule has 7 heteroatoms. The van der Waals surface area contributed by atoms with Crippen LogP contribution in [0.4, 0.5) is 4.39 Å². The van der Waals surface area contributed by atoms with E-state index in [1.165, 1.54) is 12.1 Å². The zero-order chi connectivity index (χ0) is 14.6. The van der Waals surface area contributed by atoms with Crippen molar-refractivity contribution in [3.8, 4) is 0 Å². The monoisotopic (exact) mass is 314 g/mol. The average molecular weight is 314 g/mol. The Morgan fingerprint density at radius 1 is 1.30 bits per heavy atom. The van der Waals surface area contributed by atoms with Gasteiger partial charge in [-0.15, -0.1) is 11.3 Å². The predicted octanol–water partition coefficient (Wildman–Crippen LogP) is 1.87. The molecule has 1 aromatic heterocycles. The van der Waals surface area contributed by atoms with E-state index in [2.05, 4.69) is 4.72 Å². The Balaban J connectivity index is 2.06. The lowest BCUT2D eigenvalue weighted by molar-refractivity contribution is 0.556. The normalized spacial score (nSPS) is 11.7. The molecule has 0 saturated heterocycles. The Labute approximate surface area is 121 Å². The Morgan fingerprint density at radius 2 is 2.10 bits per heavy atom. The molecule has 0 aliphatic rings. The minimum atomic E-state index is -3.83. The molecule has 0 radical (unpaired) electrons. The summed E-state index contributed by atoms with van der Waals surface area (Å²) in [4.78, 5) is 0.729. The van der Waals surface area contributed by atoms with Crippen molar-refractivity contribution in [1.29, 1.82) is 0 Å². The van der Waals surface area contributed by atoms with Crippen LogP contribution in [-0.2, 0) is 23.0 Å². The molecular weight excluding hydrogens is 299 g/mol. The molecule has 0 atom stereocenters. The number of benzene rings is 1. The fourth-order valence-corrected chi connectivity index (χ4v) is 3.53. The van der Waals surface area contributed by atoms with Gasteiger partial charge in [-0.25, -0.2) is 17.5 Å². The van der Waals surface area contributed by atoms with Crippen LogP contribution >= 0.6 is 11.3 Å². The van der Waals surface area contributed by atoms with Crippen molar-refractivity contribution >= 4 is 21.4 Å². The first-order valence-electron chi connectivity index (χ1n) is 6.03. The van der Waals surface area contributed by atoms with Gasteiger partial charge in [0.15, 0.2) is 0 Å². The Bertz CT molecular complexity index is 670. The van der Waals surface area contributed by atoms with Crippen molar-refractivity contribution in [1.82, 2.24) is 4.72 Å². The van der Waals surface area contributed by atoms with Crippen LogP contribution in [0.15, 0.2) is 40.6 Å². The summed E-state index contributed by atoms with van der Waals surface area (Å²) in [6, 6.07) is 7.73. The highest BCUT2D eigenvalue weighted by atomic mass is 32.2. The molecule has 1 aromatic carbocycles. The summed E-state index contributed by atoms with van der Waals surface area (Å²) in [6.07, 6.45) is 0.583. The number of nitrogens with one attached hydrogen (secondary N) is 1. The van der Waals surface area contributed by atoms with Crippen molar-refractivity contribution in [3.63, 3.8) is 0 Å². The molecule has 0 fully saturated rings. The van der Waals surface area contributed by atoms with E-state index in [0.29, 0.717) is 12.0 Å². The molecule has 108 valence electrons. The molecule has 2 aromatic rings. The molecule has 0 spiro atoms. The zero-order valence-electron chi connectivity index (χ0n) is 10.7. The van der Waals surface area contributed by atoms with E-state index in [1.807, 2.05) is 17.5 Å². The number of halogens is 1. The minimum Gasteiger partial charge on any atom is -0.326 e. The van der Waals surface area contributed by atoms with Crippen LogP contribution in [-0.4, -0.2) is 15.0 Å². The third-order valence-corrected chi connectivity index (χ3v) is 5.20. The van der Waals surface area contributed by atoms with E-state index in [4.69, 9.17) is 5.73 Å². The predicted molar refractivity (Wildman–Crippen MR) is 77.5 cm³/mol. The van der Waals surface area contributed by atoms with Crippen LogP contribution in [0, 0.1) is 5.82 Å². The van der Waals surface area contributed by atoms with Crippen LogP contribution in [0.5, 0.6) is 0 Å². The topological polar surface area (TPSA) is 72.2 Å². The summed E-state index contributed by atoms with van der Waals surface area (Å²) in [5.74, 6) is -0.781. The molecule has 0 bridgehead atoms. The largest absolute Gasteiger partial charge is 0.326 e. The van der Waals surface area contributed by atoms with E-state index >= 15 is 0 Å². The standard InChI is InChI=1S/C13H15FN2O2S2/c14-12-8-10(9-15)3-4-13(12)20(17,18)16-6-5-11-2-1-7-19-11/h1-4,7-8,16H,5-6,9,15H2. The van der Waals surface area contributed by atoms with Gasteiger partial charge < -0.3 is 5.73 Å². The van der Waals surface area contributed by atoms with Gasteiger partial charge in [-0.3, -0.25) is 0 Å². The third kappa shape index (κ3) is 3.63. The molecule has 0 amide bonds. The molecule has 0 aliphatic carbocycles.